The van der Waals surface area contributed by atoms with Crippen LogP contribution in [0.15, 0.2) is 23.2 Å². The van der Waals surface area contributed by atoms with E-state index in [0.29, 0.717) is 11.1 Å². The van der Waals surface area contributed by atoms with Gasteiger partial charge in [-0.1, -0.05) is 24.6 Å². The smallest absolute Gasteiger partial charge is 0.176 e. The molecule has 15 heavy (non-hydrogen) atoms. The SMILES string of the molecule is CC1CC=Nc2c(Cl)nc3cccc1n23. The fourth-order valence-electron chi connectivity index (χ4n) is 1.99. The summed E-state index contributed by atoms with van der Waals surface area (Å²) in [4.78, 5) is 8.63. The number of nitrogens with zero attached hydrogens (tertiary/aromatic N) is 3. The van der Waals surface area contributed by atoms with Crippen LogP contribution in [0.1, 0.15) is 25.0 Å². The van der Waals surface area contributed by atoms with Crippen LogP contribution >= 0.6 is 11.6 Å². The van der Waals surface area contributed by atoms with E-state index in [1.54, 1.807) is 0 Å². The average molecular weight is 220 g/mol. The predicted molar refractivity (Wildman–Crippen MR) is 61.4 cm³/mol. The molecule has 0 saturated carbocycles. The highest BCUT2D eigenvalue weighted by Gasteiger charge is 2.17. The maximum Gasteiger partial charge on any atom is 0.176 e. The van der Waals surface area contributed by atoms with E-state index in [2.05, 4.69) is 23.0 Å². The Morgan fingerprint density at radius 2 is 2.33 bits per heavy atom. The quantitative estimate of drug-likeness (QED) is 0.669. The molecule has 3 nitrogen and oxygen atoms in total. The summed E-state index contributed by atoms with van der Waals surface area (Å²) in [5.74, 6) is 1.20. The lowest BCUT2D eigenvalue weighted by atomic mass is 10.0. The molecule has 4 heteroatoms. The highest BCUT2D eigenvalue weighted by molar-refractivity contribution is 6.32. The molecule has 0 saturated heterocycles. The average Bonchev–Trinajstić information content (AvgIpc) is 2.43. The van der Waals surface area contributed by atoms with Gasteiger partial charge in [0.15, 0.2) is 11.0 Å². The predicted octanol–water partition coefficient (Wildman–Crippen LogP) is 3.20. The maximum absolute atomic E-state index is 6.05. The van der Waals surface area contributed by atoms with Crippen molar-refractivity contribution in [3.63, 3.8) is 0 Å². The Labute approximate surface area is 92.4 Å². The van der Waals surface area contributed by atoms with Crippen molar-refractivity contribution in [1.29, 1.82) is 0 Å². The van der Waals surface area contributed by atoms with Gasteiger partial charge in [-0.3, -0.25) is 4.40 Å². The molecule has 1 atom stereocenters. The van der Waals surface area contributed by atoms with Crippen molar-refractivity contribution in [2.24, 2.45) is 4.99 Å². The Balaban J connectivity index is 2.48. The second-order valence-corrected chi connectivity index (χ2v) is 4.18. The topological polar surface area (TPSA) is 29.7 Å². The molecule has 1 unspecified atom stereocenters. The van der Waals surface area contributed by atoms with Crippen molar-refractivity contribution < 1.29 is 0 Å². The van der Waals surface area contributed by atoms with Gasteiger partial charge in [-0.05, 0) is 18.6 Å². The molecule has 0 aromatic carbocycles. The normalized spacial score (nSPS) is 19.5. The molecule has 1 aliphatic rings. The first-order valence-electron chi connectivity index (χ1n) is 4.97. The molecule has 0 spiro atoms. The molecule has 76 valence electrons. The van der Waals surface area contributed by atoms with Crippen molar-refractivity contribution in [3.8, 4) is 0 Å². The van der Waals surface area contributed by atoms with Crippen molar-refractivity contribution in [1.82, 2.24) is 9.38 Å². The highest BCUT2D eigenvalue weighted by atomic mass is 35.5. The molecule has 0 aliphatic carbocycles. The van der Waals surface area contributed by atoms with Gasteiger partial charge in [0.05, 0.1) is 0 Å². The Hall–Kier alpha value is -1.35. The van der Waals surface area contributed by atoms with E-state index in [1.165, 1.54) is 5.69 Å². The van der Waals surface area contributed by atoms with Crippen molar-refractivity contribution in [3.05, 3.63) is 29.0 Å². The first kappa shape index (κ1) is 8.92. The van der Waals surface area contributed by atoms with Crippen LogP contribution < -0.4 is 0 Å². The zero-order valence-corrected chi connectivity index (χ0v) is 9.07. The van der Waals surface area contributed by atoms with Gasteiger partial charge >= 0.3 is 0 Å². The molecule has 0 N–H and O–H groups in total. The van der Waals surface area contributed by atoms with E-state index < -0.39 is 0 Å². The van der Waals surface area contributed by atoms with Gasteiger partial charge in [0.25, 0.3) is 0 Å². The third kappa shape index (κ3) is 1.20. The van der Waals surface area contributed by atoms with Gasteiger partial charge in [-0.15, -0.1) is 0 Å². The Morgan fingerprint density at radius 3 is 3.20 bits per heavy atom. The van der Waals surface area contributed by atoms with Gasteiger partial charge in [0.1, 0.15) is 5.65 Å². The van der Waals surface area contributed by atoms with E-state index >= 15 is 0 Å². The van der Waals surface area contributed by atoms with Crippen molar-refractivity contribution in [2.75, 3.05) is 0 Å². The summed E-state index contributed by atoms with van der Waals surface area (Å²) in [6.45, 7) is 2.18. The minimum Gasteiger partial charge on any atom is -0.280 e. The van der Waals surface area contributed by atoms with E-state index in [-0.39, 0.29) is 0 Å². The third-order valence-electron chi connectivity index (χ3n) is 2.79. The summed E-state index contributed by atoms with van der Waals surface area (Å²) < 4.78 is 2.04. The van der Waals surface area contributed by atoms with Gasteiger partial charge in [0, 0.05) is 17.8 Å². The summed E-state index contributed by atoms with van der Waals surface area (Å²) in [5, 5.41) is 0.479. The zero-order valence-electron chi connectivity index (χ0n) is 8.31. The van der Waals surface area contributed by atoms with Crippen LogP contribution in [-0.2, 0) is 0 Å². The Bertz CT molecular complexity index is 556. The van der Waals surface area contributed by atoms with Gasteiger partial charge < -0.3 is 0 Å². The lowest BCUT2D eigenvalue weighted by Gasteiger charge is -2.09. The number of rotatable bonds is 0. The summed E-state index contributed by atoms with van der Waals surface area (Å²) in [5.41, 5.74) is 2.10. The molecule has 0 radical (unpaired) electrons. The Morgan fingerprint density at radius 1 is 1.47 bits per heavy atom. The lowest BCUT2D eigenvalue weighted by Crippen LogP contribution is -1.99. The number of imidazole rings is 1. The van der Waals surface area contributed by atoms with Crippen LogP contribution in [0, 0.1) is 0 Å². The standard InChI is InChI=1S/C11H10ClN3/c1-7-5-6-13-11-10(12)14-9-4-2-3-8(7)15(9)11/h2-4,6-7H,5H2,1H3. The number of aliphatic imine (C=N–C) groups is 1. The van der Waals surface area contributed by atoms with Crippen LogP contribution in [-0.4, -0.2) is 15.6 Å². The number of halogens is 1. The molecular weight excluding hydrogens is 210 g/mol. The lowest BCUT2D eigenvalue weighted by molar-refractivity contribution is 0.770. The molecule has 0 bridgehead atoms. The fraction of sp³-hybridized carbons (Fsp3) is 0.273. The van der Waals surface area contributed by atoms with Crippen molar-refractivity contribution >= 4 is 29.3 Å². The molecule has 2 aromatic rings. The third-order valence-corrected chi connectivity index (χ3v) is 3.04. The Kier molecular flexibility index (Phi) is 1.83. The van der Waals surface area contributed by atoms with Crippen LogP contribution in [0.2, 0.25) is 5.15 Å². The molecular formula is C11H10ClN3. The molecule has 1 aliphatic heterocycles. The minimum atomic E-state index is 0.448. The summed E-state index contributed by atoms with van der Waals surface area (Å²) >= 11 is 6.05. The van der Waals surface area contributed by atoms with E-state index in [4.69, 9.17) is 11.6 Å². The molecule has 0 amide bonds. The number of hydrogen-bond acceptors (Lipinski definition) is 2. The van der Waals surface area contributed by atoms with Gasteiger partial charge in [0.2, 0.25) is 0 Å². The molecule has 3 heterocycles. The fourth-order valence-corrected chi connectivity index (χ4v) is 2.21. The van der Waals surface area contributed by atoms with E-state index in [9.17, 15) is 0 Å². The molecule has 3 rings (SSSR count). The van der Waals surface area contributed by atoms with Gasteiger partial charge in [-0.2, -0.15) is 0 Å². The van der Waals surface area contributed by atoms with E-state index in [1.807, 2.05) is 22.7 Å². The second kappa shape index (κ2) is 3.07. The maximum atomic E-state index is 6.05. The van der Waals surface area contributed by atoms with Gasteiger partial charge in [-0.25, -0.2) is 9.98 Å². The van der Waals surface area contributed by atoms with Crippen LogP contribution in [0.5, 0.6) is 0 Å². The highest BCUT2D eigenvalue weighted by Crippen LogP contribution is 2.32. The largest absolute Gasteiger partial charge is 0.280 e. The van der Waals surface area contributed by atoms with Crippen LogP contribution in [0.25, 0.3) is 5.65 Å². The second-order valence-electron chi connectivity index (χ2n) is 3.82. The summed E-state index contributed by atoms with van der Waals surface area (Å²) in [7, 11) is 0. The minimum absolute atomic E-state index is 0.448. The monoisotopic (exact) mass is 219 g/mol. The number of aromatic nitrogens is 2. The number of hydrogen-bond donors (Lipinski definition) is 0. The molecule has 2 aromatic heterocycles. The van der Waals surface area contributed by atoms with Crippen LogP contribution in [0.3, 0.4) is 0 Å². The van der Waals surface area contributed by atoms with E-state index in [0.717, 1.165) is 17.9 Å². The van der Waals surface area contributed by atoms with Crippen molar-refractivity contribution in [2.45, 2.75) is 19.3 Å². The number of pyridine rings is 1. The summed E-state index contributed by atoms with van der Waals surface area (Å²) in [6.07, 6.45) is 2.86. The molecule has 0 fully saturated rings. The zero-order chi connectivity index (χ0) is 10.4. The van der Waals surface area contributed by atoms with Crippen LogP contribution in [0.4, 0.5) is 5.82 Å². The first-order valence-corrected chi connectivity index (χ1v) is 5.34. The summed E-state index contributed by atoms with van der Waals surface area (Å²) in [6, 6.07) is 6.07. The first-order chi connectivity index (χ1) is 7.27.